The zero-order valence-electron chi connectivity index (χ0n) is 11.8. The number of benzene rings is 2. The first kappa shape index (κ1) is 14.3. The van der Waals surface area contributed by atoms with Crippen molar-refractivity contribution in [2.75, 3.05) is 13.6 Å². The lowest BCUT2D eigenvalue weighted by atomic mass is 10.0. The van der Waals surface area contributed by atoms with E-state index in [1.165, 1.54) is 11.1 Å². The molecule has 0 spiro atoms. The van der Waals surface area contributed by atoms with Crippen molar-refractivity contribution in [2.45, 2.75) is 13.0 Å². The molecule has 0 aromatic heterocycles. The number of nitrogens with two attached hydrogens (primary N) is 1. The van der Waals surface area contributed by atoms with Crippen LogP contribution in [0.1, 0.15) is 12.0 Å². The van der Waals surface area contributed by atoms with Gasteiger partial charge >= 0.3 is 0 Å². The minimum atomic E-state index is 0.0830. The molecule has 104 valence electrons. The van der Waals surface area contributed by atoms with E-state index in [-0.39, 0.29) is 5.91 Å². The molecule has 0 radical (unpaired) electrons. The zero-order chi connectivity index (χ0) is 14.4. The van der Waals surface area contributed by atoms with E-state index in [0.29, 0.717) is 19.5 Å². The van der Waals surface area contributed by atoms with Gasteiger partial charge in [0.1, 0.15) is 0 Å². The van der Waals surface area contributed by atoms with Crippen molar-refractivity contribution >= 4 is 5.91 Å². The Bertz CT molecular complexity index is 549. The van der Waals surface area contributed by atoms with E-state index in [1.54, 1.807) is 4.90 Å². The van der Waals surface area contributed by atoms with Crippen LogP contribution in [0.5, 0.6) is 0 Å². The summed E-state index contributed by atoms with van der Waals surface area (Å²) in [5.41, 5.74) is 8.91. The fourth-order valence-electron chi connectivity index (χ4n) is 2.11. The Balaban J connectivity index is 2.04. The third kappa shape index (κ3) is 3.68. The summed E-state index contributed by atoms with van der Waals surface area (Å²) in [6.45, 7) is 1.02. The number of nitrogens with zero attached hydrogens (tertiary/aromatic N) is 1. The molecule has 3 nitrogen and oxygen atoms in total. The number of carbonyl (C=O) groups is 1. The molecule has 2 N–H and O–H groups in total. The van der Waals surface area contributed by atoms with Gasteiger partial charge in [-0.15, -0.1) is 0 Å². The van der Waals surface area contributed by atoms with Crippen LogP contribution in [-0.4, -0.2) is 24.4 Å². The quantitative estimate of drug-likeness (QED) is 0.906. The molecule has 2 aromatic carbocycles. The van der Waals surface area contributed by atoms with Crippen LogP contribution < -0.4 is 5.73 Å². The van der Waals surface area contributed by atoms with Crippen molar-refractivity contribution in [1.29, 1.82) is 0 Å². The Morgan fingerprint density at radius 3 is 2.20 bits per heavy atom. The molecule has 0 unspecified atom stereocenters. The average Bonchev–Trinajstić information content (AvgIpc) is 2.49. The largest absolute Gasteiger partial charge is 0.341 e. The summed E-state index contributed by atoms with van der Waals surface area (Å²) in [6.07, 6.45) is 0.401. The van der Waals surface area contributed by atoms with Gasteiger partial charge in [-0.3, -0.25) is 4.79 Å². The van der Waals surface area contributed by atoms with Gasteiger partial charge in [0.15, 0.2) is 0 Å². The molecule has 0 aliphatic carbocycles. The molecule has 0 aliphatic heterocycles. The molecule has 20 heavy (non-hydrogen) atoms. The van der Waals surface area contributed by atoms with Gasteiger partial charge in [-0.05, 0) is 16.7 Å². The molecule has 3 heteroatoms. The SMILES string of the molecule is CN(Cc1ccc(-c2ccccc2)cc1)C(=O)CCN. The van der Waals surface area contributed by atoms with Gasteiger partial charge in [0, 0.05) is 26.6 Å². The van der Waals surface area contributed by atoms with Gasteiger partial charge in [-0.2, -0.15) is 0 Å². The Morgan fingerprint density at radius 2 is 1.60 bits per heavy atom. The Morgan fingerprint density at radius 1 is 1.00 bits per heavy atom. The predicted octanol–water partition coefficient (Wildman–Crippen LogP) is 2.66. The van der Waals surface area contributed by atoms with Gasteiger partial charge in [-0.1, -0.05) is 54.6 Å². The highest BCUT2D eigenvalue weighted by molar-refractivity contribution is 5.76. The second-order valence-electron chi connectivity index (χ2n) is 4.85. The lowest BCUT2D eigenvalue weighted by molar-refractivity contribution is -0.130. The number of hydrogen-bond acceptors (Lipinski definition) is 2. The molecule has 0 bridgehead atoms. The van der Waals surface area contributed by atoms with Crippen molar-refractivity contribution < 1.29 is 4.79 Å². The number of amides is 1. The monoisotopic (exact) mass is 268 g/mol. The van der Waals surface area contributed by atoms with Crippen molar-refractivity contribution in [3.8, 4) is 11.1 Å². The summed E-state index contributed by atoms with van der Waals surface area (Å²) < 4.78 is 0. The highest BCUT2D eigenvalue weighted by atomic mass is 16.2. The van der Waals surface area contributed by atoms with E-state index >= 15 is 0 Å². The molecular formula is C17H20N2O. The van der Waals surface area contributed by atoms with Crippen LogP contribution in [0.3, 0.4) is 0 Å². The predicted molar refractivity (Wildman–Crippen MR) is 82.0 cm³/mol. The number of carbonyl (C=O) groups excluding carboxylic acids is 1. The Hall–Kier alpha value is -2.13. The summed E-state index contributed by atoms with van der Waals surface area (Å²) >= 11 is 0. The molecule has 1 amide bonds. The smallest absolute Gasteiger partial charge is 0.223 e. The van der Waals surface area contributed by atoms with Gasteiger partial charge in [0.2, 0.25) is 5.91 Å². The normalized spacial score (nSPS) is 10.3. The first-order valence-electron chi connectivity index (χ1n) is 6.79. The molecule has 0 fully saturated rings. The third-order valence-electron chi connectivity index (χ3n) is 3.26. The summed E-state index contributed by atoms with van der Waals surface area (Å²) in [7, 11) is 1.81. The fourth-order valence-corrected chi connectivity index (χ4v) is 2.11. The van der Waals surface area contributed by atoms with Crippen molar-refractivity contribution in [3.05, 3.63) is 60.2 Å². The molecule has 0 saturated carbocycles. The topological polar surface area (TPSA) is 46.3 Å². The summed E-state index contributed by atoms with van der Waals surface area (Å²) in [4.78, 5) is 13.4. The summed E-state index contributed by atoms with van der Waals surface area (Å²) in [5, 5.41) is 0. The minimum absolute atomic E-state index is 0.0830. The maximum Gasteiger partial charge on any atom is 0.223 e. The van der Waals surface area contributed by atoms with Crippen LogP contribution in [0.15, 0.2) is 54.6 Å². The maximum atomic E-state index is 11.7. The minimum Gasteiger partial charge on any atom is -0.341 e. The van der Waals surface area contributed by atoms with E-state index in [9.17, 15) is 4.79 Å². The fraction of sp³-hybridized carbons (Fsp3) is 0.235. The van der Waals surface area contributed by atoms with Crippen LogP contribution in [-0.2, 0) is 11.3 Å². The standard InChI is InChI=1S/C17H20N2O/c1-19(17(20)11-12-18)13-14-7-9-16(10-8-14)15-5-3-2-4-6-15/h2-10H,11-13,18H2,1H3. The van der Waals surface area contributed by atoms with E-state index in [1.807, 2.05) is 25.2 Å². The highest BCUT2D eigenvalue weighted by Crippen LogP contribution is 2.19. The van der Waals surface area contributed by atoms with Gasteiger partial charge in [0.25, 0.3) is 0 Å². The van der Waals surface area contributed by atoms with E-state index < -0.39 is 0 Å². The molecule has 2 aromatic rings. The van der Waals surface area contributed by atoms with E-state index in [2.05, 4.69) is 36.4 Å². The third-order valence-corrected chi connectivity index (χ3v) is 3.26. The van der Waals surface area contributed by atoms with E-state index in [4.69, 9.17) is 5.73 Å². The average molecular weight is 268 g/mol. The zero-order valence-corrected chi connectivity index (χ0v) is 11.8. The van der Waals surface area contributed by atoms with E-state index in [0.717, 1.165) is 5.56 Å². The lowest BCUT2D eigenvalue weighted by Crippen LogP contribution is -2.27. The van der Waals surface area contributed by atoms with Crippen LogP contribution in [0.25, 0.3) is 11.1 Å². The molecule has 0 atom stereocenters. The van der Waals surface area contributed by atoms with Crippen LogP contribution in [0.2, 0.25) is 0 Å². The van der Waals surface area contributed by atoms with Gasteiger partial charge in [0.05, 0.1) is 0 Å². The van der Waals surface area contributed by atoms with Crippen molar-refractivity contribution in [2.24, 2.45) is 5.73 Å². The van der Waals surface area contributed by atoms with Gasteiger partial charge in [-0.25, -0.2) is 0 Å². The summed E-state index contributed by atoms with van der Waals surface area (Å²) in [5.74, 6) is 0.0830. The maximum absolute atomic E-state index is 11.7. The second kappa shape index (κ2) is 6.87. The molecule has 0 saturated heterocycles. The molecular weight excluding hydrogens is 248 g/mol. The van der Waals surface area contributed by atoms with Crippen molar-refractivity contribution in [1.82, 2.24) is 4.90 Å². The molecule has 2 rings (SSSR count). The highest BCUT2D eigenvalue weighted by Gasteiger charge is 2.08. The summed E-state index contributed by atoms with van der Waals surface area (Å²) in [6, 6.07) is 18.6. The Kier molecular flexibility index (Phi) is 4.91. The first-order valence-corrected chi connectivity index (χ1v) is 6.79. The van der Waals surface area contributed by atoms with Crippen LogP contribution in [0, 0.1) is 0 Å². The molecule has 0 aliphatic rings. The number of hydrogen-bond donors (Lipinski definition) is 1. The van der Waals surface area contributed by atoms with Crippen molar-refractivity contribution in [3.63, 3.8) is 0 Å². The van der Waals surface area contributed by atoms with Crippen LogP contribution in [0.4, 0.5) is 0 Å². The Labute approximate surface area is 120 Å². The number of rotatable bonds is 5. The lowest BCUT2D eigenvalue weighted by Gasteiger charge is -2.17. The second-order valence-corrected chi connectivity index (χ2v) is 4.85. The van der Waals surface area contributed by atoms with Crippen LogP contribution >= 0.6 is 0 Å². The first-order chi connectivity index (χ1) is 9.70. The molecule has 0 heterocycles. The van der Waals surface area contributed by atoms with Gasteiger partial charge < -0.3 is 10.6 Å².